The fraction of sp³-hybridized carbons (Fsp3) is 0.538. The van der Waals surface area contributed by atoms with E-state index < -0.39 is 0 Å². The van der Waals surface area contributed by atoms with Crippen LogP contribution in [0.15, 0.2) is 24.5 Å². The summed E-state index contributed by atoms with van der Waals surface area (Å²) in [6.45, 7) is 3.83. The zero-order valence-corrected chi connectivity index (χ0v) is 10.4. The summed E-state index contributed by atoms with van der Waals surface area (Å²) in [7, 11) is 1.93. The monoisotopic (exact) mass is 233 g/mol. The normalized spacial score (nSPS) is 24.0. The molecular weight excluding hydrogens is 214 g/mol. The number of likely N-dealkylation sites (N-methyl/N-ethyl adjacent to an activating group) is 1. The number of likely N-dealkylation sites (tertiary alicyclic amines) is 1. The molecule has 2 rings (SSSR count). The average Bonchev–Trinajstić information content (AvgIpc) is 2.72. The van der Waals surface area contributed by atoms with Crippen LogP contribution in [0.4, 0.5) is 0 Å². The van der Waals surface area contributed by atoms with Gasteiger partial charge in [0.1, 0.15) is 0 Å². The van der Waals surface area contributed by atoms with Crippen LogP contribution in [0.1, 0.15) is 30.1 Å². The van der Waals surface area contributed by atoms with Gasteiger partial charge in [-0.05, 0) is 38.9 Å². The maximum atomic E-state index is 12.4. The van der Waals surface area contributed by atoms with E-state index in [1.54, 1.807) is 24.5 Å². The molecule has 1 aliphatic rings. The summed E-state index contributed by atoms with van der Waals surface area (Å²) in [6.07, 6.45) is 5.47. The maximum absolute atomic E-state index is 12.4. The zero-order chi connectivity index (χ0) is 12.3. The van der Waals surface area contributed by atoms with Gasteiger partial charge in [-0.1, -0.05) is 0 Å². The number of nitrogens with zero attached hydrogens (tertiary/aromatic N) is 2. The average molecular weight is 233 g/mol. The highest BCUT2D eigenvalue weighted by Crippen LogP contribution is 2.29. The van der Waals surface area contributed by atoms with Crippen LogP contribution in [0.5, 0.6) is 0 Å². The third kappa shape index (κ3) is 2.31. The third-order valence-electron chi connectivity index (χ3n) is 3.48. The second-order valence-electron chi connectivity index (χ2n) is 4.82. The first-order valence-electron chi connectivity index (χ1n) is 6.04. The number of hydrogen-bond donors (Lipinski definition) is 1. The van der Waals surface area contributed by atoms with Crippen LogP contribution in [0, 0.1) is 0 Å². The Bertz CT molecular complexity index is 393. The lowest BCUT2D eigenvalue weighted by Gasteiger charge is -2.35. The molecule has 0 aromatic carbocycles. The number of amides is 1. The minimum Gasteiger partial charge on any atom is -0.332 e. The highest BCUT2D eigenvalue weighted by atomic mass is 16.2. The lowest BCUT2D eigenvalue weighted by Crippen LogP contribution is -2.50. The van der Waals surface area contributed by atoms with Crippen LogP contribution in [0.25, 0.3) is 0 Å². The minimum absolute atomic E-state index is 0.0604. The number of hydrogen-bond acceptors (Lipinski definition) is 3. The molecule has 4 heteroatoms. The molecule has 1 aromatic rings. The molecule has 1 unspecified atom stereocenters. The third-order valence-corrected chi connectivity index (χ3v) is 3.48. The molecule has 1 amide bonds. The lowest BCUT2D eigenvalue weighted by atomic mass is 9.98. The van der Waals surface area contributed by atoms with E-state index in [1.807, 2.05) is 11.9 Å². The van der Waals surface area contributed by atoms with E-state index in [2.05, 4.69) is 17.2 Å². The first-order chi connectivity index (χ1) is 8.17. The van der Waals surface area contributed by atoms with Gasteiger partial charge in [0, 0.05) is 31.0 Å². The SMILES string of the molecule is CNCC1(C)CCCN1C(=O)c1ccncc1. The molecule has 4 nitrogen and oxygen atoms in total. The Labute approximate surface area is 102 Å². The van der Waals surface area contributed by atoms with Crippen LogP contribution >= 0.6 is 0 Å². The fourth-order valence-electron chi connectivity index (χ4n) is 2.58. The predicted octanol–water partition coefficient (Wildman–Crippen LogP) is 1.30. The second-order valence-corrected chi connectivity index (χ2v) is 4.82. The smallest absolute Gasteiger partial charge is 0.254 e. The summed E-state index contributed by atoms with van der Waals surface area (Å²) in [5, 5.41) is 3.18. The minimum atomic E-state index is -0.0604. The van der Waals surface area contributed by atoms with Gasteiger partial charge in [0.2, 0.25) is 0 Å². The van der Waals surface area contributed by atoms with Crippen molar-refractivity contribution in [1.82, 2.24) is 15.2 Å². The molecule has 17 heavy (non-hydrogen) atoms. The molecule has 0 bridgehead atoms. The molecule has 1 N–H and O–H groups in total. The van der Waals surface area contributed by atoms with Crippen molar-refractivity contribution >= 4 is 5.91 Å². The number of pyridine rings is 1. The maximum Gasteiger partial charge on any atom is 0.254 e. The van der Waals surface area contributed by atoms with Gasteiger partial charge in [-0.15, -0.1) is 0 Å². The van der Waals surface area contributed by atoms with Gasteiger partial charge in [-0.2, -0.15) is 0 Å². The summed E-state index contributed by atoms with van der Waals surface area (Å²) in [6, 6.07) is 3.56. The van der Waals surface area contributed by atoms with Crippen LogP contribution in [-0.4, -0.2) is 41.5 Å². The Balaban J connectivity index is 2.19. The lowest BCUT2D eigenvalue weighted by molar-refractivity contribution is 0.0626. The van der Waals surface area contributed by atoms with Gasteiger partial charge in [0.05, 0.1) is 5.54 Å². The molecule has 1 aromatic heterocycles. The Hall–Kier alpha value is -1.42. The van der Waals surface area contributed by atoms with Gasteiger partial charge < -0.3 is 10.2 Å². The molecule has 0 radical (unpaired) electrons. The standard InChI is InChI=1S/C13H19N3O/c1-13(10-14-2)6-3-9-16(13)12(17)11-4-7-15-8-5-11/h4-5,7-8,14H,3,6,9-10H2,1-2H3. The Morgan fingerprint density at radius 2 is 2.24 bits per heavy atom. The molecule has 1 aliphatic heterocycles. The molecule has 0 saturated carbocycles. The largest absolute Gasteiger partial charge is 0.332 e. The summed E-state index contributed by atoms with van der Waals surface area (Å²) < 4.78 is 0. The number of carbonyl (C=O) groups is 1. The van der Waals surface area contributed by atoms with E-state index in [4.69, 9.17) is 0 Å². The summed E-state index contributed by atoms with van der Waals surface area (Å²) >= 11 is 0. The van der Waals surface area contributed by atoms with Crippen molar-refractivity contribution in [2.75, 3.05) is 20.1 Å². The highest BCUT2D eigenvalue weighted by Gasteiger charge is 2.39. The van der Waals surface area contributed by atoms with E-state index in [-0.39, 0.29) is 11.4 Å². The topological polar surface area (TPSA) is 45.2 Å². The molecule has 0 spiro atoms. The van der Waals surface area contributed by atoms with Crippen molar-refractivity contribution in [2.45, 2.75) is 25.3 Å². The van der Waals surface area contributed by atoms with Crippen LogP contribution < -0.4 is 5.32 Å². The van der Waals surface area contributed by atoms with Crippen molar-refractivity contribution in [3.05, 3.63) is 30.1 Å². The number of rotatable bonds is 3. The van der Waals surface area contributed by atoms with Gasteiger partial charge in [0.15, 0.2) is 0 Å². The van der Waals surface area contributed by atoms with Crippen molar-refractivity contribution in [3.63, 3.8) is 0 Å². The summed E-state index contributed by atoms with van der Waals surface area (Å²) in [5.41, 5.74) is 0.666. The number of nitrogens with one attached hydrogen (secondary N) is 1. The van der Waals surface area contributed by atoms with Crippen molar-refractivity contribution in [3.8, 4) is 0 Å². The fourth-order valence-corrected chi connectivity index (χ4v) is 2.58. The number of carbonyl (C=O) groups excluding carboxylic acids is 1. The van der Waals surface area contributed by atoms with Gasteiger partial charge in [-0.3, -0.25) is 9.78 Å². The van der Waals surface area contributed by atoms with Crippen LogP contribution in [0.2, 0.25) is 0 Å². The second kappa shape index (κ2) is 4.84. The van der Waals surface area contributed by atoms with E-state index in [0.717, 1.165) is 31.5 Å². The molecule has 1 fully saturated rings. The Morgan fingerprint density at radius 1 is 1.53 bits per heavy atom. The quantitative estimate of drug-likeness (QED) is 0.855. The first kappa shape index (κ1) is 12.0. The van der Waals surface area contributed by atoms with Gasteiger partial charge >= 0.3 is 0 Å². The Morgan fingerprint density at radius 3 is 2.88 bits per heavy atom. The zero-order valence-electron chi connectivity index (χ0n) is 10.4. The molecule has 1 atom stereocenters. The Kier molecular flexibility index (Phi) is 3.43. The van der Waals surface area contributed by atoms with Crippen molar-refractivity contribution in [2.24, 2.45) is 0 Å². The molecular formula is C13H19N3O. The van der Waals surface area contributed by atoms with Crippen LogP contribution in [-0.2, 0) is 0 Å². The molecule has 1 saturated heterocycles. The van der Waals surface area contributed by atoms with E-state index >= 15 is 0 Å². The first-order valence-corrected chi connectivity index (χ1v) is 6.04. The molecule has 92 valence electrons. The summed E-state index contributed by atoms with van der Waals surface area (Å²) in [5.74, 6) is 0.114. The molecule has 0 aliphatic carbocycles. The van der Waals surface area contributed by atoms with Crippen LogP contribution in [0.3, 0.4) is 0 Å². The highest BCUT2D eigenvalue weighted by molar-refractivity contribution is 5.94. The van der Waals surface area contributed by atoms with E-state index in [1.165, 1.54) is 0 Å². The van der Waals surface area contributed by atoms with Gasteiger partial charge in [0.25, 0.3) is 5.91 Å². The van der Waals surface area contributed by atoms with Crippen molar-refractivity contribution in [1.29, 1.82) is 0 Å². The summed E-state index contributed by atoms with van der Waals surface area (Å²) in [4.78, 5) is 18.3. The predicted molar refractivity (Wildman–Crippen MR) is 66.8 cm³/mol. The van der Waals surface area contributed by atoms with E-state index in [9.17, 15) is 4.79 Å². The van der Waals surface area contributed by atoms with Crippen molar-refractivity contribution < 1.29 is 4.79 Å². The number of aromatic nitrogens is 1. The van der Waals surface area contributed by atoms with E-state index in [0.29, 0.717) is 0 Å². The molecule has 2 heterocycles. The van der Waals surface area contributed by atoms with Gasteiger partial charge in [-0.25, -0.2) is 0 Å².